The maximum atomic E-state index is 6.36. The van der Waals surface area contributed by atoms with E-state index in [0.29, 0.717) is 11.1 Å². The van der Waals surface area contributed by atoms with Gasteiger partial charge < -0.3 is 15.1 Å². The number of nitrogens with zero attached hydrogens (tertiary/aromatic N) is 4. The Hall–Kier alpha value is -1.50. The van der Waals surface area contributed by atoms with Crippen LogP contribution in [-0.2, 0) is 0 Å². The molecule has 1 aromatic carbocycles. The van der Waals surface area contributed by atoms with Gasteiger partial charge in [-0.2, -0.15) is 9.97 Å². The molecule has 0 saturated carbocycles. The SMILES string of the molecule is CSc1c(Cl)nc(N(C)c2ccccc2)nc1NCCN(C)C. The molecule has 0 spiro atoms. The fourth-order valence-electron chi connectivity index (χ4n) is 2.03. The third-order valence-electron chi connectivity index (χ3n) is 3.31. The van der Waals surface area contributed by atoms with E-state index in [-0.39, 0.29) is 0 Å². The van der Waals surface area contributed by atoms with Crippen molar-refractivity contribution in [3.05, 3.63) is 35.5 Å². The minimum Gasteiger partial charge on any atom is -0.368 e. The van der Waals surface area contributed by atoms with Gasteiger partial charge in [0.2, 0.25) is 5.95 Å². The van der Waals surface area contributed by atoms with Crippen LogP contribution in [0.4, 0.5) is 17.5 Å². The van der Waals surface area contributed by atoms with Crippen LogP contribution in [0.3, 0.4) is 0 Å². The van der Waals surface area contributed by atoms with E-state index in [1.807, 2.05) is 62.6 Å². The Bertz CT molecular complexity index is 636. The van der Waals surface area contributed by atoms with Gasteiger partial charge in [0, 0.05) is 25.8 Å². The van der Waals surface area contributed by atoms with E-state index >= 15 is 0 Å². The standard InChI is InChI=1S/C16H22ClN5S/c1-21(2)11-10-18-15-13(23-4)14(17)19-16(20-15)22(3)12-8-6-5-7-9-12/h5-9H,10-11H2,1-4H3,(H,18,19,20). The van der Waals surface area contributed by atoms with E-state index in [9.17, 15) is 0 Å². The quantitative estimate of drug-likeness (QED) is 0.607. The van der Waals surface area contributed by atoms with Crippen LogP contribution in [0.25, 0.3) is 0 Å². The van der Waals surface area contributed by atoms with E-state index in [4.69, 9.17) is 11.6 Å². The number of likely N-dealkylation sites (N-methyl/N-ethyl adjacent to an activating group) is 1. The topological polar surface area (TPSA) is 44.3 Å². The Morgan fingerprint density at radius 2 is 1.83 bits per heavy atom. The Morgan fingerprint density at radius 3 is 2.43 bits per heavy atom. The maximum Gasteiger partial charge on any atom is 0.233 e. The molecule has 0 aliphatic rings. The van der Waals surface area contributed by atoms with Gasteiger partial charge in [-0.3, -0.25) is 0 Å². The molecule has 5 nitrogen and oxygen atoms in total. The predicted octanol–water partition coefficient (Wildman–Crippen LogP) is 3.59. The molecule has 124 valence electrons. The smallest absolute Gasteiger partial charge is 0.233 e. The summed E-state index contributed by atoms with van der Waals surface area (Å²) in [5.74, 6) is 1.35. The Balaban J connectivity index is 2.29. The number of hydrogen-bond acceptors (Lipinski definition) is 6. The van der Waals surface area contributed by atoms with Gasteiger partial charge in [-0.05, 0) is 32.5 Å². The molecule has 0 atom stereocenters. The number of benzene rings is 1. The molecule has 1 N–H and O–H groups in total. The van der Waals surface area contributed by atoms with Crippen molar-refractivity contribution in [1.82, 2.24) is 14.9 Å². The summed E-state index contributed by atoms with van der Waals surface area (Å²) >= 11 is 7.90. The monoisotopic (exact) mass is 351 g/mol. The summed E-state index contributed by atoms with van der Waals surface area (Å²) in [4.78, 5) is 14.0. The van der Waals surface area contributed by atoms with Crippen LogP contribution in [0.1, 0.15) is 0 Å². The third kappa shape index (κ3) is 4.73. The summed E-state index contributed by atoms with van der Waals surface area (Å²) in [6, 6.07) is 9.98. The number of hydrogen-bond donors (Lipinski definition) is 1. The van der Waals surface area contributed by atoms with Crippen LogP contribution in [0.15, 0.2) is 35.2 Å². The van der Waals surface area contributed by atoms with Crippen molar-refractivity contribution >= 4 is 40.8 Å². The average molecular weight is 352 g/mol. The van der Waals surface area contributed by atoms with Crippen molar-refractivity contribution in [3.8, 4) is 0 Å². The zero-order valence-corrected chi connectivity index (χ0v) is 15.4. The number of anilines is 3. The van der Waals surface area contributed by atoms with Crippen molar-refractivity contribution in [2.75, 3.05) is 50.7 Å². The fourth-order valence-corrected chi connectivity index (χ4v) is 2.95. The molecular weight excluding hydrogens is 330 g/mol. The Kier molecular flexibility index (Phi) is 6.50. The third-order valence-corrected chi connectivity index (χ3v) is 4.49. The number of halogens is 1. The Labute approximate surface area is 147 Å². The molecule has 0 saturated heterocycles. The van der Waals surface area contributed by atoms with Crippen molar-refractivity contribution in [1.29, 1.82) is 0 Å². The summed E-state index contributed by atoms with van der Waals surface area (Å²) in [7, 11) is 6.01. The molecule has 2 rings (SSSR count). The fraction of sp³-hybridized carbons (Fsp3) is 0.375. The molecule has 0 fully saturated rings. The molecule has 2 aromatic rings. The van der Waals surface area contributed by atoms with Gasteiger partial charge in [-0.1, -0.05) is 29.8 Å². The Morgan fingerprint density at radius 1 is 1.13 bits per heavy atom. The molecule has 0 aliphatic carbocycles. The van der Waals surface area contributed by atoms with E-state index in [1.54, 1.807) is 11.8 Å². The summed E-state index contributed by atoms with van der Waals surface area (Å²) in [6.45, 7) is 1.71. The molecule has 0 bridgehead atoms. The molecule has 0 unspecified atom stereocenters. The lowest BCUT2D eigenvalue weighted by Gasteiger charge is -2.20. The molecule has 0 aliphatic heterocycles. The van der Waals surface area contributed by atoms with Crippen molar-refractivity contribution in [2.24, 2.45) is 0 Å². The zero-order valence-electron chi connectivity index (χ0n) is 13.9. The van der Waals surface area contributed by atoms with Crippen LogP contribution in [0, 0.1) is 0 Å². The van der Waals surface area contributed by atoms with E-state index in [0.717, 1.165) is 29.5 Å². The van der Waals surface area contributed by atoms with Crippen LogP contribution in [0.2, 0.25) is 5.15 Å². The van der Waals surface area contributed by atoms with E-state index in [2.05, 4.69) is 20.2 Å². The molecule has 0 amide bonds. The average Bonchev–Trinajstić information content (AvgIpc) is 2.54. The first-order valence-electron chi connectivity index (χ1n) is 7.32. The van der Waals surface area contributed by atoms with Gasteiger partial charge in [-0.15, -0.1) is 11.8 Å². The van der Waals surface area contributed by atoms with Gasteiger partial charge >= 0.3 is 0 Å². The van der Waals surface area contributed by atoms with Gasteiger partial charge in [-0.25, -0.2) is 0 Å². The lowest BCUT2D eigenvalue weighted by Crippen LogP contribution is -2.22. The van der Waals surface area contributed by atoms with Crippen LogP contribution >= 0.6 is 23.4 Å². The van der Waals surface area contributed by atoms with Crippen molar-refractivity contribution in [3.63, 3.8) is 0 Å². The van der Waals surface area contributed by atoms with Crippen LogP contribution in [-0.4, -0.2) is 55.4 Å². The molecule has 23 heavy (non-hydrogen) atoms. The summed E-state index contributed by atoms with van der Waals surface area (Å²) < 4.78 is 0. The zero-order chi connectivity index (χ0) is 16.8. The van der Waals surface area contributed by atoms with Gasteiger partial charge in [0.05, 0.1) is 4.90 Å². The molecule has 0 radical (unpaired) electrons. The van der Waals surface area contributed by atoms with Crippen molar-refractivity contribution < 1.29 is 0 Å². The summed E-state index contributed by atoms with van der Waals surface area (Å²) in [5.41, 5.74) is 1.01. The highest BCUT2D eigenvalue weighted by Gasteiger charge is 2.15. The molecule has 1 aromatic heterocycles. The number of nitrogens with one attached hydrogen (secondary N) is 1. The van der Waals surface area contributed by atoms with Crippen LogP contribution < -0.4 is 10.2 Å². The molecule has 7 heteroatoms. The second kappa shape index (κ2) is 8.38. The summed E-state index contributed by atoms with van der Waals surface area (Å²) in [6.07, 6.45) is 1.97. The number of rotatable bonds is 7. The first-order chi connectivity index (χ1) is 11.0. The second-order valence-corrected chi connectivity index (χ2v) is 6.50. The highest BCUT2D eigenvalue weighted by atomic mass is 35.5. The first kappa shape index (κ1) is 17.8. The molecular formula is C16H22ClN5S. The van der Waals surface area contributed by atoms with E-state index < -0.39 is 0 Å². The highest BCUT2D eigenvalue weighted by molar-refractivity contribution is 7.98. The number of aromatic nitrogens is 2. The lowest BCUT2D eigenvalue weighted by molar-refractivity contribution is 0.425. The first-order valence-corrected chi connectivity index (χ1v) is 8.92. The van der Waals surface area contributed by atoms with Crippen molar-refractivity contribution in [2.45, 2.75) is 4.90 Å². The van der Waals surface area contributed by atoms with Gasteiger partial charge in [0.25, 0.3) is 0 Å². The largest absolute Gasteiger partial charge is 0.368 e. The van der Waals surface area contributed by atoms with E-state index in [1.165, 1.54) is 0 Å². The predicted molar refractivity (Wildman–Crippen MR) is 100 cm³/mol. The minimum absolute atomic E-state index is 0.470. The number of thioether (sulfide) groups is 1. The number of para-hydroxylation sites is 1. The maximum absolute atomic E-state index is 6.36. The normalized spacial score (nSPS) is 10.9. The van der Waals surface area contributed by atoms with Crippen LogP contribution in [0.5, 0.6) is 0 Å². The van der Waals surface area contributed by atoms with Gasteiger partial charge in [0.15, 0.2) is 0 Å². The summed E-state index contributed by atoms with van der Waals surface area (Å²) in [5, 5.41) is 3.83. The van der Waals surface area contributed by atoms with Gasteiger partial charge in [0.1, 0.15) is 11.0 Å². The lowest BCUT2D eigenvalue weighted by atomic mass is 10.3. The highest BCUT2D eigenvalue weighted by Crippen LogP contribution is 2.33. The second-order valence-electron chi connectivity index (χ2n) is 5.32. The molecule has 1 heterocycles. The minimum atomic E-state index is 0.470.